The van der Waals surface area contributed by atoms with Gasteiger partial charge in [-0.25, -0.2) is 0 Å². The van der Waals surface area contributed by atoms with E-state index in [0.717, 1.165) is 22.6 Å². The van der Waals surface area contributed by atoms with Gasteiger partial charge < -0.3 is 14.0 Å². The van der Waals surface area contributed by atoms with Crippen molar-refractivity contribution in [2.45, 2.75) is 0 Å². The van der Waals surface area contributed by atoms with Crippen LogP contribution in [0.15, 0.2) is 91.3 Å². The number of rotatable bonds is 6. The Morgan fingerprint density at radius 1 is 0.640 bits per heavy atom. The number of hydrogen-bond donors (Lipinski definition) is 0. The Morgan fingerprint density at radius 3 is 2.20 bits per heavy atom. The van der Waals surface area contributed by atoms with Crippen LogP contribution in [0.2, 0.25) is 0 Å². The fraction of sp³-hybridized carbons (Fsp3) is 0.0909. The third kappa shape index (κ3) is 3.50. The van der Waals surface area contributed by atoms with Gasteiger partial charge in [-0.3, -0.25) is 0 Å². The maximum absolute atomic E-state index is 5.89. The average molecular weight is 329 g/mol. The van der Waals surface area contributed by atoms with Crippen molar-refractivity contribution < 1.29 is 9.47 Å². The molecule has 0 bridgehead atoms. The monoisotopic (exact) mass is 329 g/mol. The van der Waals surface area contributed by atoms with Gasteiger partial charge in [0.1, 0.15) is 24.7 Å². The molecular weight excluding hydrogens is 310 g/mol. The number of benzene rings is 3. The van der Waals surface area contributed by atoms with Crippen molar-refractivity contribution in [2.24, 2.45) is 0 Å². The molecule has 3 nitrogen and oxygen atoms in total. The van der Waals surface area contributed by atoms with Crippen LogP contribution < -0.4 is 9.47 Å². The number of ether oxygens (including phenoxy) is 2. The van der Waals surface area contributed by atoms with Crippen LogP contribution >= 0.6 is 0 Å². The predicted octanol–water partition coefficient (Wildman–Crippen LogP) is 5.09. The van der Waals surface area contributed by atoms with Gasteiger partial charge in [0.25, 0.3) is 0 Å². The van der Waals surface area contributed by atoms with E-state index >= 15 is 0 Å². The highest BCUT2D eigenvalue weighted by atomic mass is 16.5. The molecule has 0 amide bonds. The van der Waals surface area contributed by atoms with Gasteiger partial charge in [-0.1, -0.05) is 36.4 Å². The van der Waals surface area contributed by atoms with Crippen molar-refractivity contribution >= 4 is 10.8 Å². The van der Waals surface area contributed by atoms with Crippen LogP contribution in [-0.2, 0) is 0 Å². The standard InChI is InChI=1S/C22H19NO2/c1-2-8-21-18(6-1)7-5-9-22(21)25-17-16-24-20-12-10-19(11-13-20)23-14-3-4-15-23/h1-15H,16-17H2. The smallest absolute Gasteiger partial charge is 0.127 e. The van der Waals surface area contributed by atoms with Crippen molar-refractivity contribution in [3.05, 3.63) is 91.3 Å². The molecule has 4 aromatic rings. The van der Waals surface area contributed by atoms with E-state index in [2.05, 4.69) is 22.8 Å². The van der Waals surface area contributed by atoms with Crippen LogP contribution in [0.1, 0.15) is 0 Å². The molecule has 0 atom stereocenters. The molecule has 0 fully saturated rings. The lowest BCUT2D eigenvalue weighted by Crippen LogP contribution is -2.09. The lowest BCUT2D eigenvalue weighted by molar-refractivity contribution is 0.219. The number of nitrogens with zero attached hydrogens (tertiary/aromatic N) is 1. The quantitative estimate of drug-likeness (QED) is 0.460. The summed E-state index contributed by atoms with van der Waals surface area (Å²) in [6.45, 7) is 1.01. The highest BCUT2D eigenvalue weighted by Gasteiger charge is 2.02. The number of hydrogen-bond acceptors (Lipinski definition) is 2. The molecular formula is C22H19NO2. The Kier molecular flexibility index (Phi) is 4.38. The molecule has 0 aliphatic heterocycles. The lowest BCUT2D eigenvalue weighted by Gasteiger charge is -2.11. The van der Waals surface area contributed by atoms with Crippen LogP contribution in [0.25, 0.3) is 16.5 Å². The zero-order valence-electron chi connectivity index (χ0n) is 13.8. The largest absolute Gasteiger partial charge is 0.490 e. The van der Waals surface area contributed by atoms with Crippen LogP contribution in [0.5, 0.6) is 11.5 Å². The molecule has 1 aromatic heterocycles. The highest BCUT2D eigenvalue weighted by Crippen LogP contribution is 2.25. The van der Waals surface area contributed by atoms with Gasteiger partial charge in [-0.15, -0.1) is 0 Å². The molecule has 124 valence electrons. The van der Waals surface area contributed by atoms with E-state index in [-0.39, 0.29) is 0 Å². The Balaban J connectivity index is 1.33. The van der Waals surface area contributed by atoms with Crippen LogP contribution in [0, 0.1) is 0 Å². The second kappa shape index (κ2) is 7.14. The van der Waals surface area contributed by atoms with Gasteiger partial charge in [0.2, 0.25) is 0 Å². The summed E-state index contributed by atoms with van der Waals surface area (Å²) in [7, 11) is 0. The second-order valence-corrected chi connectivity index (χ2v) is 5.76. The summed E-state index contributed by atoms with van der Waals surface area (Å²) < 4.78 is 13.7. The molecule has 25 heavy (non-hydrogen) atoms. The van der Waals surface area contributed by atoms with Crippen LogP contribution in [0.3, 0.4) is 0 Å². The molecule has 0 spiro atoms. The predicted molar refractivity (Wildman–Crippen MR) is 101 cm³/mol. The SMILES string of the molecule is c1ccc2c(OCCOc3ccc(-n4cccc4)cc3)cccc2c1. The van der Waals surface area contributed by atoms with Crippen LogP contribution in [-0.4, -0.2) is 17.8 Å². The molecule has 4 rings (SSSR count). The first kappa shape index (κ1) is 15.3. The summed E-state index contributed by atoms with van der Waals surface area (Å²) in [5.74, 6) is 1.74. The van der Waals surface area contributed by atoms with E-state index in [0.29, 0.717) is 13.2 Å². The summed E-state index contributed by atoms with van der Waals surface area (Å²) in [5, 5.41) is 2.31. The summed E-state index contributed by atoms with van der Waals surface area (Å²) in [4.78, 5) is 0. The molecule has 0 unspecified atom stereocenters. The third-order valence-electron chi connectivity index (χ3n) is 4.10. The maximum atomic E-state index is 5.89. The fourth-order valence-electron chi connectivity index (χ4n) is 2.85. The van der Waals surface area contributed by atoms with E-state index in [9.17, 15) is 0 Å². The molecule has 3 aromatic carbocycles. The van der Waals surface area contributed by atoms with Gasteiger partial charge in [0.15, 0.2) is 0 Å². The average Bonchev–Trinajstić information content (AvgIpc) is 3.21. The second-order valence-electron chi connectivity index (χ2n) is 5.76. The normalized spacial score (nSPS) is 10.7. The zero-order chi connectivity index (χ0) is 16.9. The van der Waals surface area contributed by atoms with Crippen LogP contribution in [0.4, 0.5) is 0 Å². The maximum Gasteiger partial charge on any atom is 0.127 e. The topological polar surface area (TPSA) is 23.4 Å². The number of fused-ring (bicyclic) bond motifs is 1. The van der Waals surface area contributed by atoms with Crippen molar-refractivity contribution in [1.29, 1.82) is 0 Å². The molecule has 0 saturated carbocycles. The van der Waals surface area contributed by atoms with E-state index < -0.39 is 0 Å². The molecule has 0 radical (unpaired) electrons. The van der Waals surface area contributed by atoms with Crippen molar-refractivity contribution in [1.82, 2.24) is 4.57 Å². The van der Waals surface area contributed by atoms with E-state index in [1.165, 1.54) is 5.39 Å². The van der Waals surface area contributed by atoms with E-state index in [1.54, 1.807) is 0 Å². The Morgan fingerprint density at radius 2 is 1.36 bits per heavy atom. The Labute approximate surface area is 147 Å². The first-order valence-electron chi connectivity index (χ1n) is 8.37. The van der Waals surface area contributed by atoms with Gasteiger partial charge in [0.05, 0.1) is 0 Å². The first-order chi connectivity index (χ1) is 12.4. The lowest BCUT2D eigenvalue weighted by atomic mass is 10.1. The van der Waals surface area contributed by atoms with Crippen molar-refractivity contribution in [2.75, 3.05) is 13.2 Å². The first-order valence-corrected chi connectivity index (χ1v) is 8.37. The van der Waals surface area contributed by atoms with Gasteiger partial charge in [0, 0.05) is 23.5 Å². The minimum atomic E-state index is 0.506. The Bertz CT molecular complexity index is 938. The molecule has 3 heteroatoms. The zero-order valence-corrected chi connectivity index (χ0v) is 13.8. The molecule has 1 heterocycles. The summed E-state index contributed by atoms with van der Waals surface area (Å²) in [5.41, 5.74) is 1.12. The van der Waals surface area contributed by atoms with Gasteiger partial charge in [-0.2, -0.15) is 0 Å². The van der Waals surface area contributed by atoms with Crippen molar-refractivity contribution in [3.63, 3.8) is 0 Å². The minimum absolute atomic E-state index is 0.506. The highest BCUT2D eigenvalue weighted by molar-refractivity contribution is 5.88. The van der Waals surface area contributed by atoms with Gasteiger partial charge in [-0.05, 0) is 47.9 Å². The van der Waals surface area contributed by atoms with E-state index in [1.807, 2.05) is 73.1 Å². The molecule has 0 saturated heterocycles. The molecule has 0 aliphatic carbocycles. The van der Waals surface area contributed by atoms with Gasteiger partial charge >= 0.3 is 0 Å². The van der Waals surface area contributed by atoms with E-state index in [4.69, 9.17) is 9.47 Å². The molecule has 0 N–H and O–H groups in total. The summed E-state index contributed by atoms with van der Waals surface area (Å²) in [6.07, 6.45) is 4.04. The van der Waals surface area contributed by atoms with Crippen molar-refractivity contribution in [3.8, 4) is 17.2 Å². The Hall–Kier alpha value is -3.20. The summed E-state index contributed by atoms with van der Waals surface area (Å²) in [6, 6.07) is 26.4. The fourth-order valence-corrected chi connectivity index (χ4v) is 2.85. The molecule has 0 aliphatic rings. The summed E-state index contributed by atoms with van der Waals surface area (Å²) >= 11 is 0. The minimum Gasteiger partial charge on any atom is -0.490 e. The number of aromatic nitrogens is 1. The third-order valence-corrected chi connectivity index (χ3v) is 4.10.